The van der Waals surface area contributed by atoms with E-state index in [0.717, 1.165) is 19.6 Å². The van der Waals surface area contributed by atoms with Crippen LogP contribution in [-0.2, 0) is 6.54 Å². The molecule has 3 nitrogen and oxygen atoms in total. The molecule has 0 radical (unpaired) electrons. The Bertz CT molecular complexity index is 271. The molecule has 0 spiro atoms. The average molecular weight is 225 g/mol. The van der Waals surface area contributed by atoms with Crippen LogP contribution >= 0.6 is 11.3 Å². The highest BCUT2D eigenvalue weighted by molar-refractivity contribution is 7.09. The van der Waals surface area contributed by atoms with Crippen LogP contribution in [0.4, 0.5) is 0 Å². The predicted molar refractivity (Wildman–Crippen MR) is 64.1 cm³/mol. The molecule has 0 bridgehead atoms. The summed E-state index contributed by atoms with van der Waals surface area (Å²) in [7, 11) is 0. The number of nitrogens with one attached hydrogen (secondary N) is 1. The maximum Gasteiger partial charge on any atom is 0.0794 e. The van der Waals surface area contributed by atoms with Crippen LogP contribution in [0.5, 0.6) is 0 Å². The smallest absolute Gasteiger partial charge is 0.0794 e. The minimum atomic E-state index is 0.714. The molecule has 1 aliphatic rings. The molecular formula is C11H19N3S. The third-order valence-electron chi connectivity index (χ3n) is 2.94. The molecule has 2 heterocycles. The summed E-state index contributed by atoms with van der Waals surface area (Å²) >= 11 is 1.76. The molecule has 15 heavy (non-hydrogen) atoms. The van der Waals surface area contributed by atoms with E-state index in [1.807, 2.05) is 11.7 Å². The lowest BCUT2D eigenvalue weighted by molar-refractivity contribution is 0.145. The summed E-state index contributed by atoms with van der Waals surface area (Å²) in [5.74, 6) is 0. The van der Waals surface area contributed by atoms with E-state index < -0.39 is 0 Å². The molecule has 1 atom stereocenters. The van der Waals surface area contributed by atoms with Crippen molar-refractivity contribution in [2.75, 3.05) is 19.6 Å². The van der Waals surface area contributed by atoms with Gasteiger partial charge in [-0.3, -0.25) is 9.88 Å². The fourth-order valence-electron chi connectivity index (χ4n) is 2.15. The summed E-state index contributed by atoms with van der Waals surface area (Å²) in [6.45, 7) is 6.78. The van der Waals surface area contributed by atoms with Crippen molar-refractivity contribution in [2.45, 2.75) is 32.4 Å². The summed E-state index contributed by atoms with van der Waals surface area (Å²) in [6.07, 6.45) is 4.56. The van der Waals surface area contributed by atoms with Crippen molar-refractivity contribution in [1.82, 2.24) is 15.2 Å². The maximum atomic E-state index is 4.13. The molecule has 0 aromatic carbocycles. The van der Waals surface area contributed by atoms with Crippen molar-refractivity contribution < 1.29 is 0 Å². The molecule has 1 N–H and O–H groups in total. The van der Waals surface area contributed by atoms with Gasteiger partial charge in [0, 0.05) is 43.3 Å². The van der Waals surface area contributed by atoms with E-state index in [-0.39, 0.29) is 0 Å². The Kier molecular flexibility index (Phi) is 4.11. The van der Waals surface area contributed by atoms with E-state index in [4.69, 9.17) is 0 Å². The fraction of sp³-hybridized carbons (Fsp3) is 0.727. The van der Waals surface area contributed by atoms with Crippen molar-refractivity contribution in [3.63, 3.8) is 0 Å². The van der Waals surface area contributed by atoms with Gasteiger partial charge in [-0.1, -0.05) is 13.3 Å². The van der Waals surface area contributed by atoms with Gasteiger partial charge in [0.15, 0.2) is 0 Å². The second-order valence-electron chi connectivity index (χ2n) is 4.08. The molecule has 1 unspecified atom stereocenters. The highest BCUT2D eigenvalue weighted by Crippen LogP contribution is 2.15. The first-order valence-corrected chi connectivity index (χ1v) is 6.60. The zero-order valence-corrected chi connectivity index (χ0v) is 10.1. The van der Waals surface area contributed by atoms with Gasteiger partial charge in [0.2, 0.25) is 0 Å². The second kappa shape index (κ2) is 5.58. The molecule has 1 aliphatic heterocycles. The van der Waals surface area contributed by atoms with Crippen LogP contribution in [0, 0.1) is 0 Å². The van der Waals surface area contributed by atoms with E-state index in [9.17, 15) is 0 Å². The highest BCUT2D eigenvalue weighted by atomic mass is 32.1. The molecular weight excluding hydrogens is 206 g/mol. The first-order valence-electron chi connectivity index (χ1n) is 5.72. The van der Waals surface area contributed by atoms with Crippen molar-refractivity contribution in [1.29, 1.82) is 0 Å². The highest BCUT2D eigenvalue weighted by Gasteiger charge is 2.21. The van der Waals surface area contributed by atoms with Crippen molar-refractivity contribution in [2.24, 2.45) is 0 Å². The number of thiazole rings is 1. The largest absolute Gasteiger partial charge is 0.314 e. The van der Waals surface area contributed by atoms with Gasteiger partial charge in [0.1, 0.15) is 0 Å². The van der Waals surface area contributed by atoms with E-state index in [1.165, 1.54) is 24.3 Å². The van der Waals surface area contributed by atoms with Crippen LogP contribution in [0.1, 0.15) is 24.6 Å². The van der Waals surface area contributed by atoms with Crippen LogP contribution in [0.25, 0.3) is 0 Å². The van der Waals surface area contributed by atoms with Gasteiger partial charge in [0.05, 0.1) is 5.51 Å². The fourth-order valence-corrected chi connectivity index (χ4v) is 2.77. The van der Waals surface area contributed by atoms with E-state index in [2.05, 4.69) is 22.1 Å². The van der Waals surface area contributed by atoms with Crippen LogP contribution in [0.2, 0.25) is 0 Å². The Labute approximate surface area is 95.5 Å². The average Bonchev–Trinajstić information content (AvgIpc) is 2.74. The van der Waals surface area contributed by atoms with Gasteiger partial charge in [-0.2, -0.15) is 0 Å². The Morgan fingerprint density at radius 2 is 2.60 bits per heavy atom. The Balaban J connectivity index is 1.92. The molecule has 0 aliphatic carbocycles. The Morgan fingerprint density at radius 3 is 3.33 bits per heavy atom. The van der Waals surface area contributed by atoms with Crippen molar-refractivity contribution >= 4 is 11.3 Å². The molecule has 1 saturated heterocycles. The van der Waals surface area contributed by atoms with Crippen LogP contribution in [0.15, 0.2) is 11.7 Å². The van der Waals surface area contributed by atoms with Gasteiger partial charge < -0.3 is 5.32 Å². The molecule has 1 aromatic heterocycles. The summed E-state index contributed by atoms with van der Waals surface area (Å²) in [5, 5.41) is 3.48. The predicted octanol–water partition coefficient (Wildman–Crippen LogP) is 1.72. The summed E-state index contributed by atoms with van der Waals surface area (Å²) < 4.78 is 0. The quantitative estimate of drug-likeness (QED) is 0.845. The molecule has 84 valence electrons. The van der Waals surface area contributed by atoms with Crippen LogP contribution in [-0.4, -0.2) is 35.6 Å². The summed E-state index contributed by atoms with van der Waals surface area (Å²) in [5.41, 5.74) is 1.92. The summed E-state index contributed by atoms with van der Waals surface area (Å²) in [6, 6.07) is 0.714. The lowest BCUT2D eigenvalue weighted by atomic mass is 10.1. The van der Waals surface area contributed by atoms with Gasteiger partial charge in [-0.05, 0) is 6.42 Å². The minimum Gasteiger partial charge on any atom is -0.314 e. The lowest BCUT2D eigenvalue weighted by Crippen LogP contribution is -2.50. The number of rotatable bonds is 4. The van der Waals surface area contributed by atoms with E-state index in [0.29, 0.717) is 6.04 Å². The molecule has 1 fully saturated rings. The van der Waals surface area contributed by atoms with Crippen molar-refractivity contribution in [3.8, 4) is 0 Å². The monoisotopic (exact) mass is 225 g/mol. The SMILES string of the molecule is CCCC1CNCCN1Cc1cncs1. The summed E-state index contributed by atoms with van der Waals surface area (Å²) in [4.78, 5) is 8.11. The van der Waals surface area contributed by atoms with Crippen LogP contribution < -0.4 is 5.32 Å². The third kappa shape index (κ3) is 3.00. The Hall–Kier alpha value is -0.450. The first-order chi connectivity index (χ1) is 7.40. The van der Waals surface area contributed by atoms with E-state index >= 15 is 0 Å². The molecule has 2 rings (SSSR count). The first kappa shape index (κ1) is 11.0. The molecule has 1 aromatic rings. The molecule has 0 amide bonds. The van der Waals surface area contributed by atoms with Gasteiger partial charge >= 0.3 is 0 Å². The number of nitrogens with zero attached hydrogens (tertiary/aromatic N) is 2. The molecule has 0 saturated carbocycles. The number of aromatic nitrogens is 1. The third-order valence-corrected chi connectivity index (χ3v) is 3.70. The number of piperazine rings is 1. The van der Waals surface area contributed by atoms with Crippen LogP contribution in [0.3, 0.4) is 0 Å². The van der Waals surface area contributed by atoms with E-state index in [1.54, 1.807) is 11.3 Å². The maximum absolute atomic E-state index is 4.13. The topological polar surface area (TPSA) is 28.2 Å². The minimum absolute atomic E-state index is 0.714. The van der Waals surface area contributed by atoms with Gasteiger partial charge in [-0.15, -0.1) is 11.3 Å². The number of hydrogen-bond acceptors (Lipinski definition) is 4. The Morgan fingerprint density at radius 1 is 1.67 bits per heavy atom. The lowest BCUT2D eigenvalue weighted by Gasteiger charge is -2.35. The zero-order valence-electron chi connectivity index (χ0n) is 9.28. The number of hydrogen-bond donors (Lipinski definition) is 1. The second-order valence-corrected chi connectivity index (χ2v) is 5.06. The standard InChI is InChI=1S/C11H19N3S/c1-2-3-10-6-12-4-5-14(10)8-11-7-13-9-15-11/h7,9-10,12H,2-6,8H2,1H3. The molecule has 4 heteroatoms. The van der Waals surface area contributed by atoms with Gasteiger partial charge in [-0.25, -0.2) is 0 Å². The van der Waals surface area contributed by atoms with Gasteiger partial charge in [0.25, 0.3) is 0 Å². The normalized spacial score (nSPS) is 23.1. The zero-order chi connectivity index (χ0) is 10.5. The van der Waals surface area contributed by atoms with Crippen molar-refractivity contribution in [3.05, 3.63) is 16.6 Å².